The zero-order valence-corrected chi connectivity index (χ0v) is 9.71. The molecule has 0 saturated carbocycles. The molecular weight excluding hydrogens is 397 g/mol. The molecule has 0 aliphatic rings. The Labute approximate surface area is 72.8 Å². The van der Waals surface area contributed by atoms with Gasteiger partial charge in [0.25, 0.3) is 0 Å². The molecule has 0 fully saturated rings. The molecule has 0 heterocycles. The van der Waals surface area contributed by atoms with Gasteiger partial charge in [0, 0.05) is 0 Å². The van der Waals surface area contributed by atoms with Crippen LogP contribution in [0.3, 0.4) is 0 Å². The SMILES string of the molecule is [Sn+3][CH](I)CI. The normalized spacial score (nSPS) is 15.2. The third-order valence-corrected chi connectivity index (χ3v) is 6.10. The van der Waals surface area contributed by atoms with Crippen LogP contribution in [-0.2, 0) is 0 Å². The molecule has 0 aliphatic carbocycles. The molecule has 5 heavy (non-hydrogen) atoms. The van der Waals surface area contributed by atoms with Crippen LogP contribution in [0, 0.1) is 0 Å². The first-order valence-electron chi connectivity index (χ1n) is 1.18. The molecule has 0 amide bonds. The number of alkyl halides is 2. The van der Waals surface area contributed by atoms with Crippen LogP contribution >= 0.6 is 45.2 Å². The molecule has 1 atom stereocenters. The fraction of sp³-hybridized carbons (Fsp3) is 1.00. The van der Waals surface area contributed by atoms with Gasteiger partial charge in [-0.1, -0.05) is 0 Å². The molecule has 0 aromatic heterocycles. The first-order chi connectivity index (χ1) is 2.27. The van der Waals surface area contributed by atoms with Crippen molar-refractivity contribution in [2.75, 3.05) is 4.43 Å². The molecule has 0 radical (unpaired) electrons. The Hall–Kier alpha value is 2.26. The predicted octanol–water partition coefficient (Wildman–Crippen LogP) is 1.35. The van der Waals surface area contributed by atoms with Crippen molar-refractivity contribution >= 4 is 67.7 Å². The van der Waals surface area contributed by atoms with Gasteiger partial charge in [-0.15, -0.1) is 0 Å². The predicted molar refractivity (Wildman–Crippen MR) is 42.4 cm³/mol. The Balaban J connectivity index is 2.54. The van der Waals surface area contributed by atoms with Crippen molar-refractivity contribution in [2.24, 2.45) is 0 Å². The van der Waals surface area contributed by atoms with E-state index in [1.54, 1.807) is 22.5 Å². The molecular formula is C2H3I2Sn+3. The molecule has 3 heteroatoms. The summed E-state index contributed by atoms with van der Waals surface area (Å²) in [5.41, 5.74) is 0. The van der Waals surface area contributed by atoms with Gasteiger partial charge in [-0.05, 0) is 0 Å². The van der Waals surface area contributed by atoms with E-state index in [0.29, 0.717) is 0 Å². The van der Waals surface area contributed by atoms with Crippen molar-refractivity contribution in [3.05, 3.63) is 0 Å². The average Bonchev–Trinajstić information content (AvgIpc) is 1.38. The quantitative estimate of drug-likeness (QED) is 0.355. The van der Waals surface area contributed by atoms with Crippen LogP contribution in [0.5, 0.6) is 0 Å². The molecule has 0 saturated heterocycles. The zero-order valence-electron chi connectivity index (χ0n) is 2.54. The Morgan fingerprint density at radius 2 is 2.00 bits per heavy atom. The van der Waals surface area contributed by atoms with Crippen LogP contribution in [0.4, 0.5) is 0 Å². The average molecular weight is 400 g/mol. The second kappa shape index (κ2) is 4.42. The van der Waals surface area contributed by atoms with E-state index in [9.17, 15) is 0 Å². The summed E-state index contributed by atoms with van der Waals surface area (Å²) in [6.45, 7) is 0. The second-order valence-corrected chi connectivity index (χ2v) is 8.35. The van der Waals surface area contributed by atoms with Gasteiger partial charge in [0.2, 0.25) is 0 Å². The first kappa shape index (κ1) is 7.26. The third-order valence-electron chi connectivity index (χ3n) is 0.135. The fourth-order valence-corrected chi connectivity index (χ4v) is 0. The summed E-state index contributed by atoms with van der Waals surface area (Å²) in [7, 11) is 0. The van der Waals surface area contributed by atoms with E-state index in [-0.39, 0.29) is 0 Å². The van der Waals surface area contributed by atoms with Crippen LogP contribution < -0.4 is 0 Å². The van der Waals surface area contributed by atoms with Crippen LogP contribution in [0.25, 0.3) is 0 Å². The summed E-state index contributed by atoms with van der Waals surface area (Å²) in [6, 6.07) is 0. The molecule has 26 valence electrons. The van der Waals surface area contributed by atoms with Gasteiger partial charge in [0.1, 0.15) is 0 Å². The first-order valence-corrected chi connectivity index (χ1v) is 5.60. The van der Waals surface area contributed by atoms with E-state index in [2.05, 4.69) is 45.2 Å². The van der Waals surface area contributed by atoms with E-state index >= 15 is 0 Å². The summed E-state index contributed by atoms with van der Waals surface area (Å²) in [6.07, 6.45) is 0. The van der Waals surface area contributed by atoms with Gasteiger partial charge in [-0.25, -0.2) is 0 Å². The van der Waals surface area contributed by atoms with Gasteiger partial charge < -0.3 is 0 Å². The topological polar surface area (TPSA) is 0 Å². The Kier molecular flexibility index (Phi) is 6.41. The van der Waals surface area contributed by atoms with Crippen LogP contribution in [0.15, 0.2) is 0 Å². The number of halogens is 2. The summed E-state index contributed by atoms with van der Waals surface area (Å²) in [5.74, 6) is 0. The Morgan fingerprint density at radius 3 is 2.00 bits per heavy atom. The molecule has 0 rings (SSSR count). The summed E-state index contributed by atoms with van der Waals surface area (Å²) < 4.78 is 2.23. The van der Waals surface area contributed by atoms with Crippen molar-refractivity contribution in [1.82, 2.24) is 0 Å². The zero-order chi connectivity index (χ0) is 4.28. The Bertz CT molecular complexity index is 21.6. The van der Waals surface area contributed by atoms with E-state index < -0.39 is 0 Å². The fourth-order valence-electron chi connectivity index (χ4n) is 0. The number of rotatable bonds is 1. The molecule has 0 nitrogen and oxygen atoms in total. The van der Waals surface area contributed by atoms with E-state index in [1.165, 1.54) is 4.43 Å². The summed E-state index contributed by atoms with van der Waals surface area (Å²) >= 11 is 6.48. The minimum atomic E-state index is 0.931. The van der Waals surface area contributed by atoms with E-state index in [4.69, 9.17) is 0 Å². The maximum atomic E-state index is 2.44. The standard InChI is InChI=1S/C2H3I2.Sn/c3-1-2-4;/h1H,2H2;/q;+3. The molecule has 0 bridgehead atoms. The van der Waals surface area contributed by atoms with Gasteiger partial charge in [-0.2, -0.15) is 0 Å². The molecule has 0 aromatic carbocycles. The van der Waals surface area contributed by atoms with Crippen molar-refractivity contribution in [3.63, 3.8) is 0 Å². The molecule has 0 aliphatic heterocycles. The van der Waals surface area contributed by atoms with Crippen molar-refractivity contribution in [1.29, 1.82) is 0 Å². The molecule has 0 N–H and O–H groups in total. The monoisotopic (exact) mass is 401 g/mol. The van der Waals surface area contributed by atoms with Crippen molar-refractivity contribution < 1.29 is 0 Å². The molecule has 0 spiro atoms. The number of hydrogen-bond donors (Lipinski definition) is 0. The van der Waals surface area contributed by atoms with E-state index in [1.807, 2.05) is 0 Å². The molecule has 1 unspecified atom stereocenters. The Morgan fingerprint density at radius 1 is 1.80 bits per heavy atom. The van der Waals surface area contributed by atoms with Gasteiger partial charge in [-0.3, -0.25) is 0 Å². The second-order valence-electron chi connectivity index (χ2n) is 0.622. The van der Waals surface area contributed by atoms with Crippen LogP contribution in [0.2, 0.25) is 0 Å². The maximum absolute atomic E-state index is 2.44. The number of hydrogen-bond acceptors (Lipinski definition) is 0. The third kappa shape index (κ3) is 6.26. The summed E-state index contributed by atoms with van der Waals surface area (Å²) in [4.78, 5) is 0. The van der Waals surface area contributed by atoms with E-state index in [0.717, 1.165) is 1.94 Å². The minimum absolute atomic E-state index is 0.931. The van der Waals surface area contributed by atoms with Crippen LogP contribution in [-0.4, -0.2) is 28.9 Å². The van der Waals surface area contributed by atoms with Crippen molar-refractivity contribution in [2.45, 2.75) is 1.94 Å². The summed E-state index contributed by atoms with van der Waals surface area (Å²) in [5, 5.41) is 0. The molecule has 0 aromatic rings. The van der Waals surface area contributed by atoms with Gasteiger partial charge >= 0.3 is 74.1 Å². The van der Waals surface area contributed by atoms with Crippen molar-refractivity contribution in [3.8, 4) is 0 Å². The van der Waals surface area contributed by atoms with Gasteiger partial charge in [0.15, 0.2) is 0 Å². The van der Waals surface area contributed by atoms with Gasteiger partial charge in [0.05, 0.1) is 0 Å². The van der Waals surface area contributed by atoms with Crippen LogP contribution in [0.1, 0.15) is 0 Å².